The molecule has 0 bridgehead atoms. The second kappa shape index (κ2) is 4.85. The minimum Gasteiger partial charge on any atom is -0.368 e. The molecular weight excluding hydrogens is 268 g/mol. The molecule has 0 unspecified atom stereocenters. The number of hydrogen-bond acceptors (Lipinski definition) is 2. The Bertz CT molecular complexity index is 711. The maximum Gasteiger partial charge on any atom is 0.0418 e. The van der Waals surface area contributed by atoms with Gasteiger partial charge in [0.15, 0.2) is 0 Å². The molecule has 1 saturated heterocycles. The van der Waals surface area contributed by atoms with E-state index in [9.17, 15) is 0 Å². The normalized spacial score (nSPS) is 19.3. The van der Waals surface area contributed by atoms with Crippen molar-refractivity contribution in [3.05, 3.63) is 64.7 Å². The molecule has 2 heteroatoms. The Morgan fingerprint density at radius 1 is 1.00 bits per heavy atom. The van der Waals surface area contributed by atoms with Gasteiger partial charge in [0.1, 0.15) is 0 Å². The molecule has 0 radical (unpaired) electrons. The molecule has 0 saturated carbocycles. The highest BCUT2D eigenvalue weighted by molar-refractivity contribution is 5.65. The van der Waals surface area contributed by atoms with Crippen molar-refractivity contribution >= 4 is 5.69 Å². The van der Waals surface area contributed by atoms with Gasteiger partial charge in [-0.2, -0.15) is 0 Å². The Morgan fingerprint density at radius 3 is 2.50 bits per heavy atom. The summed E-state index contributed by atoms with van der Waals surface area (Å²) >= 11 is 0. The standard InChI is InChI=1S/C20H24N2/c1-20(2)17-8-5-4-7-14(17)11-16-18(20)9-6-10-19(16)22-12-15(13-22)21-3/h4-10,15,21H,11-13H2,1-3H3. The van der Waals surface area contributed by atoms with Crippen LogP contribution in [-0.4, -0.2) is 26.2 Å². The second-order valence-electron chi connectivity index (χ2n) is 7.15. The zero-order valence-electron chi connectivity index (χ0n) is 13.7. The van der Waals surface area contributed by atoms with Crippen molar-refractivity contribution in [2.24, 2.45) is 0 Å². The van der Waals surface area contributed by atoms with Crippen LogP contribution in [0.15, 0.2) is 42.5 Å². The highest BCUT2D eigenvalue weighted by Crippen LogP contribution is 2.44. The van der Waals surface area contributed by atoms with Gasteiger partial charge in [-0.05, 0) is 35.4 Å². The fraction of sp³-hybridized carbons (Fsp3) is 0.400. The van der Waals surface area contributed by atoms with Crippen LogP contribution in [0.5, 0.6) is 0 Å². The largest absolute Gasteiger partial charge is 0.368 e. The van der Waals surface area contributed by atoms with E-state index in [1.54, 1.807) is 0 Å². The van der Waals surface area contributed by atoms with Crippen LogP contribution >= 0.6 is 0 Å². The lowest BCUT2D eigenvalue weighted by atomic mass is 9.68. The molecule has 0 amide bonds. The third kappa shape index (κ3) is 1.90. The molecule has 1 N–H and O–H groups in total. The highest BCUT2D eigenvalue weighted by atomic mass is 15.2. The molecule has 1 heterocycles. The van der Waals surface area contributed by atoms with Crippen molar-refractivity contribution in [3.63, 3.8) is 0 Å². The molecule has 1 aliphatic carbocycles. The van der Waals surface area contributed by atoms with Crippen molar-refractivity contribution in [2.45, 2.75) is 31.7 Å². The molecule has 2 nitrogen and oxygen atoms in total. The van der Waals surface area contributed by atoms with Gasteiger partial charge in [-0.15, -0.1) is 0 Å². The van der Waals surface area contributed by atoms with Crippen LogP contribution in [0.4, 0.5) is 5.69 Å². The topological polar surface area (TPSA) is 15.3 Å². The predicted octanol–water partition coefficient (Wildman–Crippen LogP) is 3.32. The van der Waals surface area contributed by atoms with Gasteiger partial charge in [0.2, 0.25) is 0 Å². The summed E-state index contributed by atoms with van der Waals surface area (Å²) in [7, 11) is 2.06. The van der Waals surface area contributed by atoms with Gasteiger partial charge in [-0.1, -0.05) is 50.2 Å². The minimum atomic E-state index is 0.0907. The number of nitrogens with zero attached hydrogens (tertiary/aromatic N) is 1. The van der Waals surface area contributed by atoms with E-state index in [0.29, 0.717) is 6.04 Å². The summed E-state index contributed by atoms with van der Waals surface area (Å²) in [4.78, 5) is 2.52. The Hall–Kier alpha value is -1.80. The number of anilines is 1. The first-order valence-electron chi connectivity index (χ1n) is 8.24. The first kappa shape index (κ1) is 13.8. The first-order valence-corrected chi connectivity index (χ1v) is 8.24. The summed E-state index contributed by atoms with van der Waals surface area (Å²) in [5.41, 5.74) is 7.52. The summed E-state index contributed by atoms with van der Waals surface area (Å²) in [6.07, 6.45) is 1.06. The average Bonchev–Trinajstić information content (AvgIpc) is 2.47. The van der Waals surface area contributed by atoms with E-state index in [2.05, 4.69) is 73.6 Å². The number of fused-ring (bicyclic) bond motifs is 2. The van der Waals surface area contributed by atoms with Gasteiger partial charge in [0.05, 0.1) is 0 Å². The molecule has 1 fully saturated rings. The van der Waals surface area contributed by atoms with Gasteiger partial charge in [-0.25, -0.2) is 0 Å². The number of likely N-dealkylation sites (N-methyl/N-ethyl adjacent to an activating group) is 1. The summed E-state index contributed by atoms with van der Waals surface area (Å²) < 4.78 is 0. The van der Waals surface area contributed by atoms with Gasteiger partial charge in [0.25, 0.3) is 0 Å². The van der Waals surface area contributed by atoms with Gasteiger partial charge < -0.3 is 10.2 Å². The van der Waals surface area contributed by atoms with Crippen LogP contribution in [0.25, 0.3) is 0 Å². The Balaban J connectivity index is 1.80. The average molecular weight is 292 g/mol. The van der Waals surface area contributed by atoms with E-state index >= 15 is 0 Å². The van der Waals surface area contributed by atoms with E-state index in [0.717, 1.165) is 19.5 Å². The van der Waals surface area contributed by atoms with Crippen molar-refractivity contribution < 1.29 is 0 Å². The third-order valence-corrected chi connectivity index (χ3v) is 5.51. The molecule has 1 aliphatic heterocycles. The minimum absolute atomic E-state index is 0.0907. The molecule has 114 valence electrons. The molecule has 22 heavy (non-hydrogen) atoms. The fourth-order valence-corrected chi connectivity index (χ4v) is 4.12. The molecule has 0 spiro atoms. The lowest BCUT2D eigenvalue weighted by Gasteiger charge is -2.44. The number of benzene rings is 2. The van der Waals surface area contributed by atoms with Crippen LogP contribution in [-0.2, 0) is 11.8 Å². The molecular formula is C20H24N2. The van der Waals surface area contributed by atoms with Crippen molar-refractivity contribution in [3.8, 4) is 0 Å². The smallest absolute Gasteiger partial charge is 0.0418 e. The van der Waals surface area contributed by atoms with E-state index in [4.69, 9.17) is 0 Å². The Kier molecular flexibility index (Phi) is 3.05. The third-order valence-electron chi connectivity index (χ3n) is 5.51. The maximum absolute atomic E-state index is 3.37. The summed E-state index contributed by atoms with van der Waals surface area (Å²) in [5.74, 6) is 0. The number of hydrogen-bond donors (Lipinski definition) is 1. The Labute approximate surface area is 133 Å². The van der Waals surface area contributed by atoms with Crippen LogP contribution in [0.3, 0.4) is 0 Å². The summed E-state index contributed by atoms with van der Waals surface area (Å²) in [5, 5.41) is 3.37. The molecule has 0 atom stereocenters. The monoisotopic (exact) mass is 292 g/mol. The maximum atomic E-state index is 3.37. The predicted molar refractivity (Wildman–Crippen MR) is 92.9 cm³/mol. The summed E-state index contributed by atoms with van der Waals surface area (Å²) in [6.45, 7) is 6.96. The zero-order chi connectivity index (χ0) is 15.3. The highest BCUT2D eigenvalue weighted by Gasteiger charge is 2.35. The van der Waals surface area contributed by atoms with Gasteiger partial charge in [0, 0.05) is 36.7 Å². The van der Waals surface area contributed by atoms with Crippen LogP contribution in [0.1, 0.15) is 36.1 Å². The van der Waals surface area contributed by atoms with Gasteiger partial charge in [-0.3, -0.25) is 0 Å². The Morgan fingerprint density at radius 2 is 1.73 bits per heavy atom. The zero-order valence-corrected chi connectivity index (χ0v) is 13.7. The lowest BCUT2D eigenvalue weighted by molar-refractivity contribution is 0.449. The van der Waals surface area contributed by atoms with Crippen molar-refractivity contribution in [2.75, 3.05) is 25.0 Å². The lowest BCUT2D eigenvalue weighted by Crippen LogP contribution is -2.57. The molecule has 4 rings (SSSR count). The van der Waals surface area contributed by atoms with Crippen LogP contribution < -0.4 is 10.2 Å². The van der Waals surface area contributed by atoms with Crippen molar-refractivity contribution in [1.82, 2.24) is 5.32 Å². The molecule has 0 aromatic heterocycles. The molecule has 2 aromatic rings. The quantitative estimate of drug-likeness (QED) is 0.913. The SMILES string of the molecule is CNC1CN(c2cccc3c2Cc2ccccc2C3(C)C)C1. The van der Waals surface area contributed by atoms with Gasteiger partial charge >= 0.3 is 0 Å². The second-order valence-corrected chi connectivity index (χ2v) is 7.15. The first-order chi connectivity index (χ1) is 10.6. The van der Waals surface area contributed by atoms with Crippen LogP contribution in [0.2, 0.25) is 0 Å². The van der Waals surface area contributed by atoms with Crippen LogP contribution in [0, 0.1) is 0 Å². The molecule has 2 aliphatic rings. The number of rotatable bonds is 2. The van der Waals surface area contributed by atoms with E-state index < -0.39 is 0 Å². The number of nitrogens with one attached hydrogen (secondary N) is 1. The van der Waals surface area contributed by atoms with E-state index in [1.165, 1.54) is 27.9 Å². The summed E-state index contributed by atoms with van der Waals surface area (Å²) in [6, 6.07) is 16.4. The van der Waals surface area contributed by atoms with Crippen molar-refractivity contribution in [1.29, 1.82) is 0 Å². The molecule has 2 aromatic carbocycles. The fourth-order valence-electron chi connectivity index (χ4n) is 4.12. The van der Waals surface area contributed by atoms with E-state index in [-0.39, 0.29) is 5.41 Å². The van der Waals surface area contributed by atoms with E-state index in [1.807, 2.05) is 0 Å².